The lowest BCUT2D eigenvalue weighted by molar-refractivity contribution is 0.0939. The predicted molar refractivity (Wildman–Crippen MR) is 119 cm³/mol. The van der Waals surface area contributed by atoms with Gasteiger partial charge in [-0.2, -0.15) is 0 Å². The minimum absolute atomic E-state index is 0.141. The maximum atomic E-state index is 12.8. The molecule has 156 valence electrons. The zero-order chi connectivity index (χ0) is 21.7. The van der Waals surface area contributed by atoms with Gasteiger partial charge < -0.3 is 20.5 Å². The highest BCUT2D eigenvalue weighted by Crippen LogP contribution is 2.38. The van der Waals surface area contributed by atoms with Gasteiger partial charge in [-0.3, -0.25) is 4.79 Å². The quantitative estimate of drug-likeness (QED) is 0.654. The maximum Gasteiger partial charge on any atom is 0.251 e. The number of methoxy groups -OCH3 is 1. The van der Waals surface area contributed by atoms with E-state index >= 15 is 0 Å². The Morgan fingerprint density at radius 3 is 2.73 bits per heavy atom. The van der Waals surface area contributed by atoms with Gasteiger partial charge in [0.15, 0.2) is 0 Å². The van der Waals surface area contributed by atoms with Crippen molar-refractivity contribution in [2.75, 3.05) is 12.8 Å². The van der Waals surface area contributed by atoms with Crippen LogP contribution in [-0.4, -0.2) is 18.0 Å². The smallest absolute Gasteiger partial charge is 0.251 e. The average molecular weight is 405 g/mol. The first-order valence-electron chi connectivity index (χ1n) is 10.0. The minimum Gasteiger partial charge on any atom is -0.497 e. The molecular formula is C24H27N3O3. The molecular weight excluding hydrogens is 378 g/mol. The van der Waals surface area contributed by atoms with Crippen molar-refractivity contribution in [2.45, 2.75) is 33.4 Å². The van der Waals surface area contributed by atoms with Crippen LogP contribution in [0.25, 0.3) is 11.1 Å². The number of anilines is 1. The Bertz CT molecular complexity index is 1050. The number of nitrogen functional groups attached to an aromatic ring is 1. The van der Waals surface area contributed by atoms with E-state index in [0.29, 0.717) is 23.7 Å². The second-order valence-corrected chi connectivity index (χ2v) is 6.74. The van der Waals surface area contributed by atoms with Crippen molar-refractivity contribution in [1.29, 1.82) is 0 Å². The van der Waals surface area contributed by atoms with Gasteiger partial charge in [0.1, 0.15) is 23.9 Å². The van der Waals surface area contributed by atoms with E-state index in [1.807, 2.05) is 63.2 Å². The summed E-state index contributed by atoms with van der Waals surface area (Å²) in [6.45, 7) is 6.33. The van der Waals surface area contributed by atoms with Crippen LogP contribution in [0.3, 0.4) is 0 Å². The van der Waals surface area contributed by atoms with E-state index in [1.54, 1.807) is 19.4 Å². The van der Waals surface area contributed by atoms with Crippen molar-refractivity contribution >= 4 is 11.7 Å². The summed E-state index contributed by atoms with van der Waals surface area (Å²) in [6.07, 6.45) is 1.63. The number of carbonyl (C=O) groups is 1. The molecule has 2 heterocycles. The molecule has 1 amide bonds. The number of amides is 1. The van der Waals surface area contributed by atoms with E-state index in [-0.39, 0.29) is 11.9 Å². The lowest BCUT2D eigenvalue weighted by Gasteiger charge is -2.21. The van der Waals surface area contributed by atoms with Crippen molar-refractivity contribution in [3.05, 3.63) is 71.4 Å². The number of nitrogens with zero attached hydrogens (tertiary/aromatic N) is 1. The van der Waals surface area contributed by atoms with Gasteiger partial charge in [0.2, 0.25) is 0 Å². The van der Waals surface area contributed by atoms with Gasteiger partial charge in [0.05, 0.1) is 19.3 Å². The Labute approximate surface area is 177 Å². The normalized spacial score (nSPS) is 12.3. The number of rotatable bonds is 4. The predicted octanol–water partition coefficient (Wildman–Crippen LogP) is 4.75. The van der Waals surface area contributed by atoms with Gasteiger partial charge in [-0.15, -0.1) is 0 Å². The summed E-state index contributed by atoms with van der Waals surface area (Å²) in [5, 5.41) is 3.03. The molecule has 0 radical (unpaired) electrons. The number of carbonyl (C=O) groups excluding carboxylic acids is 1. The molecule has 2 aromatic carbocycles. The molecule has 4 rings (SSSR count). The summed E-state index contributed by atoms with van der Waals surface area (Å²) in [6, 6.07) is 14.9. The van der Waals surface area contributed by atoms with Gasteiger partial charge in [0.25, 0.3) is 5.91 Å². The highest BCUT2D eigenvalue weighted by Gasteiger charge is 2.20. The minimum atomic E-state index is -0.151. The van der Waals surface area contributed by atoms with Crippen molar-refractivity contribution in [3.63, 3.8) is 0 Å². The van der Waals surface area contributed by atoms with E-state index < -0.39 is 0 Å². The third-order valence-corrected chi connectivity index (χ3v) is 4.87. The Kier molecular flexibility index (Phi) is 6.57. The summed E-state index contributed by atoms with van der Waals surface area (Å²) in [7, 11) is 1.62. The molecule has 6 heteroatoms. The van der Waals surface area contributed by atoms with E-state index in [4.69, 9.17) is 15.2 Å². The number of hydrogen-bond acceptors (Lipinski definition) is 5. The fraction of sp³-hybridized carbons (Fsp3) is 0.250. The van der Waals surface area contributed by atoms with Crippen LogP contribution in [0.2, 0.25) is 0 Å². The summed E-state index contributed by atoms with van der Waals surface area (Å²) in [5.41, 5.74) is 10.2. The van der Waals surface area contributed by atoms with Crippen molar-refractivity contribution in [1.82, 2.24) is 10.3 Å². The first-order valence-corrected chi connectivity index (χ1v) is 10.0. The van der Waals surface area contributed by atoms with E-state index in [1.165, 1.54) is 0 Å². The van der Waals surface area contributed by atoms with Crippen LogP contribution < -0.4 is 20.5 Å². The van der Waals surface area contributed by atoms with Gasteiger partial charge in [-0.25, -0.2) is 4.98 Å². The zero-order valence-electron chi connectivity index (χ0n) is 17.7. The fourth-order valence-corrected chi connectivity index (χ4v) is 3.33. The second-order valence-electron chi connectivity index (χ2n) is 6.74. The highest BCUT2D eigenvalue weighted by atomic mass is 16.5. The molecule has 0 spiro atoms. The molecule has 3 N–H and O–H groups in total. The molecule has 0 saturated heterocycles. The van der Waals surface area contributed by atoms with Crippen LogP contribution in [0.4, 0.5) is 5.82 Å². The molecule has 1 aromatic heterocycles. The van der Waals surface area contributed by atoms with Crippen LogP contribution in [-0.2, 0) is 6.61 Å². The van der Waals surface area contributed by atoms with Crippen LogP contribution >= 0.6 is 0 Å². The molecule has 1 unspecified atom stereocenters. The lowest BCUT2D eigenvalue weighted by atomic mass is 9.95. The van der Waals surface area contributed by atoms with Gasteiger partial charge >= 0.3 is 0 Å². The highest BCUT2D eigenvalue weighted by molar-refractivity contribution is 5.95. The molecule has 0 fully saturated rings. The summed E-state index contributed by atoms with van der Waals surface area (Å²) < 4.78 is 11.0. The third kappa shape index (κ3) is 4.38. The number of benzene rings is 2. The van der Waals surface area contributed by atoms with Crippen molar-refractivity contribution in [3.8, 4) is 22.6 Å². The fourth-order valence-electron chi connectivity index (χ4n) is 3.33. The van der Waals surface area contributed by atoms with Crippen LogP contribution in [0.15, 0.2) is 54.7 Å². The Morgan fingerprint density at radius 1 is 1.17 bits per heavy atom. The maximum absolute atomic E-state index is 12.8. The molecule has 0 bridgehead atoms. The largest absolute Gasteiger partial charge is 0.497 e. The number of nitrogens with one attached hydrogen (secondary N) is 1. The molecule has 1 atom stereocenters. The summed E-state index contributed by atoms with van der Waals surface area (Å²) in [5.74, 6) is 1.75. The Morgan fingerprint density at radius 2 is 1.97 bits per heavy atom. The van der Waals surface area contributed by atoms with Crippen LogP contribution in [0.5, 0.6) is 11.5 Å². The van der Waals surface area contributed by atoms with E-state index in [9.17, 15) is 4.79 Å². The molecule has 0 aliphatic carbocycles. The van der Waals surface area contributed by atoms with E-state index in [0.717, 1.165) is 28.0 Å². The zero-order valence-corrected chi connectivity index (χ0v) is 17.7. The SMILES string of the molecule is CC.COc1cccc(C(C)NC(=O)c2ccc3c(c2)COc2cnc(N)cc2-3)c1. The second kappa shape index (κ2) is 9.31. The number of aromatic nitrogens is 1. The molecule has 1 aliphatic heterocycles. The Hall–Kier alpha value is -3.54. The molecule has 6 nitrogen and oxygen atoms in total. The standard InChI is InChI=1S/C22H21N3O3.C2H6/c1-13(14-4-3-5-17(9-14)27-2)25-22(26)15-6-7-18-16(8-15)12-28-20-11-24-21(23)10-19(18)20;1-2/h3-11,13H,12H2,1-2H3,(H2,23,24)(H,25,26);1-2H3. The van der Waals surface area contributed by atoms with Crippen LogP contribution in [0, 0.1) is 0 Å². The van der Waals surface area contributed by atoms with Crippen molar-refractivity contribution in [2.24, 2.45) is 0 Å². The first-order chi connectivity index (χ1) is 14.5. The molecule has 0 saturated carbocycles. The number of pyridine rings is 1. The van der Waals surface area contributed by atoms with E-state index in [2.05, 4.69) is 10.3 Å². The molecule has 30 heavy (non-hydrogen) atoms. The molecule has 1 aliphatic rings. The number of hydrogen-bond donors (Lipinski definition) is 2. The lowest BCUT2D eigenvalue weighted by Crippen LogP contribution is -2.27. The van der Waals surface area contributed by atoms with Crippen LogP contribution in [0.1, 0.15) is 48.3 Å². The number of nitrogens with two attached hydrogens (primary N) is 1. The topological polar surface area (TPSA) is 86.5 Å². The number of fused-ring (bicyclic) bond motifs is 3. The van der Waals surface area contributed by atoms with Gasteiger partial charge in [-0.05, 0) is 53.9 Å². The number of ether oxygens (including phenoxy) is 2. The van der Waals surface area contributed by atoms with Gasteiger partial charge in [0, 0.05) is 11.1 Å². The first kappa shape index (κ1) is 21.2. The third-order valence-electron chi connectivity index (χ3n) is 4.87. The van der Waals surface area contributed by atoms with Gasteiger partial charge in [-0.1, -0.05) is 32.0 Å². The van der Waals surface area contributed by atoms with Crippen molar-refractivity contribution < 1.29 is 14.3 Å². The monoisotopic (exact) mass is 405 g/mol. The molecule has 3 aromatic rings. The summed E-state index contributed by atoms with van der Waals surface area (Å²) in [4.78, 5) is 16.8. The Balaban J connectivity index is 0.00000124. The summed E-state index contributed by atoms with van der Waals surface area (Å²) >= 11 is 0. The average Bonchev–Trinajstić information content (AvgIpc) is 2.79.